The number of anilines is 2. The van der Waals surface area contributed by atoms with Crippen LogP contribution in [0.15, 0.2) is 49.1 Å². The number of thiazole rings is 1. The zero-order valence-electron chi connectivity index (χ0n) is 18.2. The second-order valence-corrected chi connectivity index (χ2v) is 9.05. The van der Waals surface area contributed by atoms with E-state index in [1.54, 1.807) is 29.2 Å². The molecule has 1 aromatic heterocycles. The molecule has 1 aliphatic rings. The molecule has 4 rings (SSSR count). The van der Waals surface area contributed by atoms with E-state index in [-0.39, 0.29) is 25.0 Å². The van der Waals surface area contributed by atoms with Crippen LogP contribution in [0.5, 0.6) is 11.5 Å². The van der Waals surface area contributed by atoms with Crippen molar-refractivity contribution >= 4 is 45.6 Å². The summed E-state index contributed by atoms with van der Waals surface area (Å²) in [5.74, 6) is 0.761. The number of nitrogens with one attached hydrogen (secondary N) is 1. The molecule has 1 N–H and O–H groups in total. The second-order valence-electron chi connectivity index (χ2n) is 7.44. The molecule has 2 aromatic carbocycles. The van der Waals surface area contributed by atoms with E-state index in [0.717, 1.165) is 21.7 Å². The summed E-state index contributed by atoms with van der Waals surface area (Å²) in [6, 6.07) is 10.8. The summed E-state index contributed by atoms with van der Waals surface area (Å²) < 4.78 is 11.1. The third-order valence-electron chi connectivity index (χ3n) is 5.03. The molecule has 1 aliphatic heterocycles. The number of aromatic nitrogens is 1. The van der Waals surface area contributed by atoms with Crippen molar-refractivity contribution in [3.63, 3.8) is 0 Å². The second kappa shape index (κ2) is 9.64. The highest BCUT2D eigenvalue weighted by Gasteiger charge is 2.25. The summed E-state index contributed by atoms with van der Waals surface area (Å²) >= 11 is 7.38. The Hall–Kier alpha value is -3.36. The zero-order valence-corrected chi connectivity index (χ0v) is 19.8. The van der Waals surface area contributed by atoms with E-state index in [9.17, 15) is 9.59 Å². The number of hydrogen-bond donors (Lipinski definition) is 1. The fourth-order valence-electron chi connectivity index (χ4n) is 3.41. The van der Waals surface area contributed by atoms with Crippen LogP contribution in [-0.4, -0.2) is 36.6 Å². The molecule has 0 radical (unpaired) electrons. The molecule has 0 atom stereocenters. The van der Waals surface area contributed by atoms with E-state index in [4.69, 9.17) is 21.1 Å². The Kier molecular flexibility index (Phi) is 6.67. The Morgan fingerprint density at radius 1 is 1.33 bits per heavy atom. The number of aryl methyl sites for hydroxylation is 2. The van der Waals surface area contributed by atoms with Gasteiger partial charge in [-0.3, -0.25) is 14.9 Å². The van der Waals surface area contributed by atoms with Crippen LogP contribution in [0, 0.1) is 13.8 Å². The molecule has 0 saturated heterocycles. The fraction of sp³-hybridized carbons (Fsp3) is 0.208. The van der Waals surface area contributed by atoms with Gasteiger partial charge in [-0.15, -0.1) is 17.9 Å². The standard InChI is InChI=1S/C24H22ClN3O4S/c1-4-9-28-19-11-16(5-8-20(19)32-13-22(28)30)23-15(3)33-24(27-23)26-21(29)12-31-17-6-7-18(25)14(2)10-17/h4-8,10-11H,1,9,12-13H2,2-3H3,(H,26,27,29). The van der Waals surface area contributed by atoms with E-state index in [2.05, 4.69) is 16.9 Å². The van der Waals surface area contributed by atoms with Crippen molar-refractivity contribution in [1.29, 1.82) is 0 Å². The molecule has 2 heterocycles. The van der Waals surface area contributed by atoms with Crippen molar-refractivity contribution in [1.82, 2.24) is 4.98 Å². The molecule has 2 amide bonds. The lowest BCUT2D eigenvalue weighted by molar-refractivity contribution is -0.121. The molecule has 33 heavy (non-hydrogen) atoms. The minimum absolute atomic E-state index is 0.00373. The molecule has 170 valence electrons. The monoisotopic (exact) mass is 483 g/mol. The largest absolute Gasteiger partial charge is 0.484 e. The van der Waals surface area contributed by atoms with Crippen LogP contribution in [0.25, 0.3) is 11.3 Å². The van der Waals surface area contributed by atoms with Gasteiger partial charge in [-0.2, -0.15) is 0 Å². The Balaban J connectivity index is 1.48. The third kappa shape index (κ3) is 5.02. The molecular weight excluding hydrogens is 462 g/mol. The van der Waals surface area contributed by atoms with Crippen LogP contribution >= 0.6 is 22.9 Å². The minimum atomic E-state index is -0.315. The van der Waals surface area contributed by atoms with Gasteiger partial charge in [-0.05, 0) is 55.8 Å². The minimum Gasteiger partial charge on any atom is -0.484 e. The van der Waals surface area contributed by atoms with Gasteiger partial charge in [0.2, 0.25) is 0 Å². The van der Waals surface area contributed by atoms with E-state index in [0.29, 0.717) is 33.9 Å². The molecule has 0 spiro atoms. The highest BCUT2D eigenvalue weighted by atomic mass is 35.5. The molecule has 0 bridgehead atoms. The summed E-state index contributed by atoms with van der Waals surface area (Å²) in [5, 5.41) is 3.89. The number of amides is 2. The first-order chi connectivity index (χ1) is 15.9. The number of carbonyl (C=O) groups excluding carboxylic acids is 2. The van der Waals surface area contributed by atoms with Crippen molar-refractivity contribution in [3.8, 4) is 22.8 Å². The maximum atomic E-state index is 12.4. The fourth-order valence-corrected chi connectivity index (χ4v) is 4.38. The molecule has 3 aromatic rings. The zero-order chi connectivity index (χ0) is 23.5. The van der Waals surface area contributed by atoms with E-state index in [1.165, 1.54) is 11.3 Å². The highest BCUT2D eigenvalue weighted by Crippen LogP contribution is 2.38. The van der Waals surface area contributed by atoms with E-state index >= 15 is 0 Å². The van der Waals surface area contributed by atoms with Crippen LogP contribution < -0.4 is 19.7 Å². The van der Waals surface area contributed by atoms with Gasteiger partial charge in [0.25, 0.3) is 11.8 Å². The lowest BCUT2D eigenvalue weighted by Crippen LogP contribution is -2.38. The number of ether oxygens (including phenoxy) is 2. The Morgan fingerprint density at radius 2 is 2.15 bits per heavy atom. The highest BCUT2D eigenvalue weighted by molar-refractivity contribution is 7.16. The van der Waals surface area contributed by atoms with Crippen molar-refractivity contribution in [2.24, 2.45) is 0 Å². The molecule has 0 saturated carbocycles. The predicted molar refractivity (Wildman–Crippen MR) is 131 cm³/mol. The quantitative estimate of drug-likeness (QED) is 0.478. The first kappa shape index (κ1) is 22.8. The molecule has 0 aliphatic carbocycles. The van der Waals surface area contributed by atoms with Gasteiger partial charge < -0.3 is 14.4 Å². The summed E-state index contributed by atoms with van der Waals surface area (Å²) in [4.78, 5) is 31.8. The van der Waals surface area contributed by atoms with E-state index in [1.807, 2.05) is 32.0 Å². The number of fused-ring (bicyclic) bond motifs is 1. The normalized spacial score (nSPS) is 12.7. The predicted octanol–water partition coefficient (Wildman–Crippen LogP) is 5.01. The smallest absolute Gasteiger partial charge is 0.265 e. The first-order valence-corrected chi connectivity index (χ1v) is 11.4. The lowest BCUT2D eigenvalue weighted by Gasteiger charge is -2.28. The number of halogens is 1. The lowest BCUT2D eigenvalue weighted by atomic mass is 10.1. The van der Waals surface area contributed by atoms with Crippen LogP contribution in [0.4, 0.5) is 10.8 Å². The van der Waals surface area contributed by atoms with Crippen LogP contribution in [0.1, 0.15) is 10.4 Å². The van der Waals surface area contributed by atoms with Crippen molar-refractivity contribution in [3.05, 3.63) is 64.5 Å². The van der Waals surface area contributed by atoms with Crippen molar-refractivity contribution < 1.29 is 19.1 Å². The molecule has 7 nitrogen and oxygen atoms in total. The summed E-state index contributed by atoms with van der Waals surface area (Å²) in [5.41, 5.74) is 3.10. The topological polar surface area (TPSA) is 80.8 Å². The number of carbonyl (C=O) groups is 2. The molecule has 0 fully saturated rings. The number of hydrogen-bond acceptors (Lipinski definition) is 6. The summed E-state index contributed by atoms with van der Waals surface area (Å²) in [6.07, 6.45) is 1.68. The van der Waals surface area contributed by atoms with Crippen molar-refractivity contribution in [2.45, 2.75) is 13.8 Å². The van der Waals surface area contributed by atoms with Gasteiger partial charge in [-0.25, -0.2) is 4.98 Å². The maximum Gasteiger partial charge on any atom is 0.265 e. The van der Waals surface area contributed by atoms with Crippen LogP contribution in [0.2, 0.25) is 5.02 Å². The molecular formula is C24H22ClN3O4S. The first-order valence-electron chi connectivity index (χ1n) is 10.2. The number of benzene rings is 2. The molecule has 9 heteroatoms. The van der Waals surface area contributed by atoms with Crippen LogP contribution in [-0.2, 0) is 9.59 Å². The SMILES string of the molecule is C=CCN1C(=O)COc2ccc(-c3nc(NC(=O)COc4ccc(Cl)c(C)c4)sc3C)cc21. The Bertz CT molecular complexity index is 1240. The van der Waals surface area contributed by atoms with Gasteiger partial charge in [0.15, 0.2) is 18.3 Å². The summed E-state index contributed by atoms with van der Waals surface area (Å²) in [6.45, 7) is 7.77. The van der Waals surface area contributed by atoms with Gasteiger partial charge in [0.1, 0.15) is 11.5 Å². The maximum absolute atomic E-state index is 12.4. The Morgan fingerprint density at radius 3 is 2.91 bits per heavy atom. The Labute approximate surface area is 200 Å². The summed E-state index contributed by atoms with van der Waals surface area (Å²) in [7, 11) is 0. The molecule has 0 unspecified atom stereocenters. The van der Waals surface area contributed by atoms with Crippen LogP contribution in [0.3, 0.4) is 0 Å². The van der Waals surface area contributed by atoms with Gasteiger partial charge in [0.05, 0.1) is 11.4 Å². The van der Waals surface area contributed by atoms with E-state index < -0.39 is 0 Å². The van der Waals surface area contributed by atoms with Crippen molar-refractivity contribution in [2.75, 3.05) is 30.0 Å². The average molecular weight is 484 g/mol. The van der Waals surface area contributed by atoms with Gasteiger partial charge in [-0.1, -0.05) is 17.7 Å². The average Bonchev–Trinajstić information content (AvgIpc) is 3.16. The van der Waals surface area contributed by atoms with Gasteiger partial charge in [0, 0.05) is 22.0 Å². The number of nitrogens with zero attached hydrogens (tertiary/aromatic N) is 2. The number of rotatable bonds is 7. The van der Waals surface area contributed by atoms with Gasteiger partial charge >= 0.3 is 0 Å². The third-order valence-corrected chi connectivity index (χ3v) is 6.34.